The Hall–Kier alpha value is -1.35. The van der Waals surface area contributed by atoms with Crippen LogP contribution in [0.3, 0.4) is 0 Å². The van der Waals surface area contributed by atoms with Crippen molar-refractivity contribution < 1.29 is 43.9 Å². The van der Waals surface area contributed by atoms with Gasteiger partial charge in [0, 0.05) is 0 Å². The van der Waals surface area contributed by atoms with E-state index in [0.717, 1.165) is 0 Å². The Morgan fingerprint density at radius 1 is 0.778 bits per heavy atom. The summed E-state index contributed by atoms with van der Waals surface area (Å²) in [6, 6.07) is 0.811. The van der Waals surface area contributed by atoms with E-state index < -0.39 is 29.7 Å². The zero-order valence-corrected chi connectivity index (χ0v) is 8.04. The Balaban J connectivity index is 3.30. The quantitative estimate of drug-likeness (QED) is 0.759. The number of rotatable bonds is 3. The zero-order valence-electron chi connectivity index (χ0n) is 8.04. The molecule has 0 bridgehead atoms. The molecule has 0 unspecified atom stereocenters. The van der Waals surface area contributed by atoms with Crippen molar-refractivity contribution >= 4 is 0 Å². The smallest absolute Gasteiger partial charge is 0.460 e. The molecular formula is C8H3F9O. The van der Waals surface area contributed by atoms with Gasteiger partial charge in [0.25, 0.3) is 0 Å². The molecule has 1 aromatic heterocycles. The average molecular weight is 286 g/mol. The van der Waals surface area contributed by atoms with Crippen LogP contribution in [0, 0.1) is 0 Å². The van der Waals surface area contributed by atoms with E-state index in [0.29, 0.717) is 12.3 Å². The summed E-state index contributed by atoms with van der Waals surface area (Å²) in [4.78, 5) is 0. The molecular weight excluding hydrogens is 283 g/mol. The summed E-state index contributed by atoms with van der Waals surface area (Å²) in [6.07, 6.45) is -6.39. The van der Waals surface area contributed by atoms with E-state index in [1.807, 2.05) is 0 Å². The number of hydrogen-bond acceptors (Lipinski definition) is 1. The van der Waals surface area contributed by atoms with E-state index >= 15 is 0 Å². The summed E-state index contributed by atoms with van der Waals surface area (Å²) in [5.74, 6) is -21.4. The predicted molar refractivity (Wildman–Crippen MR) is 38.6 cm³/mol. The topological polar surface area (TPSA) is 13.1 Å². The lowest BCUT2D eigenvalue weighted by molar-refractivity contribution is -0.401. The third-order valence-electron chi connectivity index (χ3n) is 1.98. The standard InChI is InChI=1S/C8H3F9O/c9-5(10,4-2-1-3-18-4)6(11,12)7(13,14)8(15,16)17/h1-3H. The number of alkyl halides is 9. The molecule has 0 N–H and O–H groups in total. The van der Waals surface area contributed by atoms with Crippen molar-refractivity contribution in [3.63, 3.8) is 0 Å². The van der Waals surface area contributed by atoms with Crippen LogP contribution in [0.4, 0.5) is 39.5 Å². The predicted octanol–water partition coefficient (Wildman–Crippen LogP) is 4.20. The van der Waals surface area contributed by atoms with Gasteiger partial charge in [0.1, 0.15) is 0 Å². The third kappa shape index (κ3) is 1.83. The summed E-state index contributed by atoms with van der Waals surface area (Å²) in [6.45, 7) is 0. The first-order valence-corrected chi connectivity index (χ1v) is 4.10. The molecule has 0 aromatic carbocycles. The summed E-state index contributed by atoms with van der Waals surface area (Å²) in [7, 11) is 0. The number of furan rings is 1. The monoisotopic (exact) mass is 286 g/mol. The highest BCUT2D eigenvalue weighted by molar-refractivity contribution is 5.14. The zero-order chi connectivity index (χ0) is 14.4. The van der Waals surface area contributed by atoms with Crippen LogP contribution in [0.1, 0.15) is 5.76 Å². The molecule has 0 saturated carbocycles. The fraction of sp³-hybridized carbons (Fsp3) is 0.500. The first-order valence-electron chi connectivity index (χ1n) is 4.10. The lowest BCUT2D eigenvalue weighted by Gasteiger charge is -2.32. The molecule has 1 heterocycles. The minimum Gasteiger partial charge on any atom is -0.463 e. The Morgan fingerprint density at radius 2 is 1.28 bits per heavy atom. The van der Waals surface area contributed by atoms with E-state index in [9.17, 15) is 39.5 Å². The molecule has 1 aromatic rings. The maximum atomic E-state index is 13.0. The molecule has 0 aliphatic heterocycles. The molecule has 0 aliphatic carbocycles. The van der Waals surface area contributed by atoms with Gasteiger partial charge >= 0.3 is 23.9 Å². The van der Waals surface area contributed by atoms with E-state index in [1.165, 1.54) is 0 Å². The van der Waals surface area contributed by atoms with Gasteiger partial charge in [-0.25, -0.2) is 0 Å². The van der Waals surface area contributed by atoms with Crippen LogP contribution in [-0.4, -0.2) is 18.0 Å². The lowest BCUT2D eigenvalue weighted by Crippen LogP contribution is -2.59. The number of halogens is 9. The molecule has 10 heteroatoms. The maximum absolute atomic E-state index is 13.0. The number of hydrogen-bond donors (Lipinski definition) is 0. The van der Waals surface area contributed by atoms with Crippen molar-refractivity contribution in [1.82, 2.24) is 0 Å². The first kappa shape index (κ1) is 14.7. The Bertz CT molecular complexity index is 403. The second-order valence-corrected chi connectivity index (χ2v) is 3.20. The van der Waals surface area contributed by atoms with Crippen LogP contribution in [0.2, 0.25) is 0 Å². The molecule has 0 saturated heterocycles. The second kappa shape index (κ2) is 3.82. The first-order chi connectivity index (χ1) is 7.86. The second-order valence-electron chi connectivity index (χ2n) is 3.20. The van der Waals surface area contributed by atoms with Gasteiger partial charge in [-0.05, 0) is 12.1 Å². The van der Waals surface area contributed by atoms with Crippen LogP contribution in [-0.2, 0) is 5.92 Å². The molecule has 0 aliphatic rings. The van der Waals surface area contributed by atoms with Gasteiger partial charge in [-0.2, -0.15) is 39.5 Å². The van der Waals surface area contributed by atoms with Crippen LogP contribution in [0.15, 0.2) is 22.8 Å². The highest BCUT2D eigenvalue weighted by atomic mass is 19.4. The van der Waals surface area contributed by atoms with Crippen molar-refractivity contribution in [2.45, 2.75) is 23.9 Å². The van der Waals surface area contributed by atoms with Crippen LogP contribution < -0.4 is 0 Å². The summed E-state index contributed by atoms with van der Waals surface area (Å²) >= 11 is 0. The summed E-state index contributed by atoms with van der Waals surface area (Å²) in [5, 5.41) is 0. The van der Waals surface area contributed by atoms with Crippen LogP contribution >= 0.6 is 0 Å². The van der Waals surface area contributed by atoms with Gasteiger partial charge in [-0.3, -0.25) is 0 Å². The minimum absolute atomic E-state index is 0.167. The molecule has 104 valence electrons. The van der Waals surface area contributed by atoms with Crippen molar-refractivity contribution in [3.8, 4) is 0 Å². The van der Waals surface area contributed by atoms with Crippen molar-refractivity contribution in [2.24, 2.45) is 0 Å². The van der Waals surface area contributed by atoms with Gasteiger partial charge in [0.2, 0.25) is 0 Å². The molecule has 0 amide bonds. The normalized spacial score (nSPS) is 14.9. The highest BCUT2D eigenvalue weighted by Gasteiger charge is 2.82. The molecule has 1 nitrogen and oxygen atoms in total. The Morgan fingerprint density at radius 3 is 1.61 bits per heavy atom. The van der Waals surface area contributed by atoms with E-state index in [4.69, 9.17) is 0 Å². The molecule has 0 spiro atoms. The van der Waals surface area contributed by atoms with Crippen molar-refractivity contribution in [1.29, 1.82) is 0 Å². The molecule has 1 rings (SSSR count). The van der Waals surface area contributed by atoms with E-state index in [2.05, 4.69) is 4.42 Å². The van der Waals surface area contributed by atoms with Crippen molar-refractivity contribution in [3.05, 3.63) is 24.2 Å². The molecule has 0 radical (unpaired) electrons. The fourth-order valence-electron chi connectivity index (χ4n) is 0.987. The van der Waals surface area contributed by atoms with Gasteiger partial charge in [0.05, 0.1) is 6.26 Å². The van der Waals surface area contributed by atoms with Crippen LogP contribution in [0.25, 0.3) is 0 Å². The summed E-state index contributed by atoms with van der Waals surface area (Å²) < 4.78 is 115. The van der Waals surface area contributed by atoms with Gasteiger partial charge in [-0.1, -0.05) is 0 Å². The van der Waals surface area contributed by atoms with Gasteiger partial charge in [0.15, 0.2) is 5.76 Å². The minimum atomic E-state index is -6.91. The van der Waals surface area contributed by atoms with E-state index in [1.54, 1.807) is 0 Å². The average Bonchev–Trinajstić information content (AvgIpc) is 2.68. The highest BCUT2D eigenvalue weighted by Crippen LogP contribution is 2.56. The van der Waals surface area contributed by atoms with Crippen molar-refractivity contribution in [2.75, 3.05) is 0 Å². The lowest BCUT2D eigenvalue weighted by atomic mass is 10.0. The maximum Gasteiger partial charge on any atom is 0.460 e. The SMILES string of the molecule is FC(F)(F)C(F)(F)C(F)(F)C(F)(F)c1ccco1. The van der Waals surface area contributed by atoms with Gasteiger partial charge in [-0.15, -0.1) is 0 Å². The van der Waals surface area contributed by atoms with Gasteiger partial charge < -0.3 is 4.42 Å². The summed E-state index contributed by atoms with van der Waals surface area (Å²) in [5.41, 5.74) is 0. The van der Waals surface area contributed by atoms with E-state index in [-0.39, 0.29) is 6.07 Å². The van der Waals surface area contributed by atoms with Crippen LogP contribution in [0.5, 0.6) is 0 Å². The largest absolute Gasteiger partial charge is 0.463 e. The fourth-order valence-corrected chi connectivity index (χ4v) is 0.987. The Kier molecular flexibility index (Phi) is 3.12. The Labute approximate surface area is 93.2 Å². The molecule has 18 heavy (non-hydrogen) atoms. The third-order valence-corrected chi connectivity index (χ3v) is 1.98. The molecule has 0 atom stereocenters. The molecule has 0 fully saturated rings.